The minimum atomic E-state index is 0. The Morgan fingerprint density at radius 2 is 1.81 bits per heavy atom. The fourth-order valence-electron chi connectivity index (χ4n) is 3.80. The lowest BCUT2D eigenvalue weighted by Crippen LogP contribution is -2.20. The van der Waals surface area contributed by atoms with E-state index in [4.69, 9.17) is 9.72 Å². The van der Waals surface area contributed by atoms with Crippen molar-refractivity contribution in [2.24, 2.45) is 0 Å². The fraction of sp³-hybridized carbons (Fsp3) is 0.261. The van der Waals surface area contributed by atoms with Crippen molar-refractivity contribution in [2.45, 2.75) is 12.8 Å². The van der Waals surface area contributed by atoms with E-state index in [2.05, 4.69) is 67.5 Å². The fourth-order valence-corrected chi connectivity index (χ4v) is 3.80. The third-order valence-corrected chi connectivity index (χ3v) is 4.95. The molecule has 27 heavy (non-hydrogen) atoms. The first-order valence-corrected chi connectivity index (χ1v) is 9.06. The number of pyridine rings is 1. The highest BCUT2D eigenvalue weighted by Crippen LogP contribution is 2.37. The van der Waals surface area contributed by atoms with E-state index < -0.39 is 0 Å². The molecule has 4 heteroatoms. The number of hydrogen-bond acceptors (Lipinski definition) is 3. The maximum absolute atomic E-state index is 5.47. The number of methoxy groups -OCH3 is 1. The number of aromatic nitrogens is 1. The molecule has 0 amide bonds. The molecule has 3 aromatic rings. The van der Waals surface area contributed by atoms with Crippen molar-refractivity contribution in [1.29, 1.82) is 0 Å². The van der Waals surface area contributed by atoms with E-state index in [1.54, 1.807) is 7.11 Å². The van der Waals surface area contributed by atoms with Gasteiger partial charge in [0, 0.05) is 17.5 Å². The lowest BCUT2D eigenvalue weighted by molar-refractivity contribution is 0.414. The second-order valence-corrected chi connectivity index (χ2v) is 7.14. The molecule has 1 aromatic heterocycles. The highest BCUT2D eigenvalue weighted by atomic mass is 35.5. The Balaban J connectivity index is 0.00000210. The number of fused-ring (bicyclic) bond motifs is 2. The molecule has 0 bridgehead atoms. The summed E-state index contributed by atoms with van der Waals surface area (Å²) in [5.74, 6) is 0.882. The van der Waals surface area contributed by atoms with Crippen LogP contribution in [0.15, 0.2) is 60.2 Å². The zero-order chi connectivity index (χ0) is 18.1. The second kappa shape index (κ2) is 8.12. The molecule has 0 N–H and O–H groups in total. The van der Waals surface area contributed by atoms with Crippen molar-refractivity contribution in [3.63, 3.8) is 0 Å². The van der Waals surface area contributed by atoms with Gasteiger partial charge in [-0.25, -0.2) is 4.98 Å². The van der Waals surface area contributed by atoms with E-state index >= 15 is 0 Å². The molecule has 0 radical (unpaired) electrons. The van der Waals surface area contributed by atoms with Crippen molar-refractivity contribution < 1.29 is 4.74 Å². The van der Waals surface area contributed by atoms with Crippen LogP contribution in [0.4, 0.5) is 0 Å². The number of rotatable bonds is 4. The normalized spacial score (nSPS) is 13.5. The van der Waals surface area contributed by atoms with Crippen molar-refractivity contribution in [1.82, 2.24) is 9.88 Å². The minimum absolute atomic E-state index is 0. The van der Waals surface area contributed by atoms with Crippen LogP contribution in [0.5, 0.6) is 5.75 Å². The average molecular weight is 381 g/mol. The van der Waals surface area contributed by atoms with E-state index in [0.717, 1.165) is 36.3 Å². The summed E-state index contributed by atoms with van der Waals surface area (Å²) in [7, 11) is 5.97. The Hall–Kier alpha value is -2.36. The van der Waals surface area contributed by atoms with Gasteiger partial charge >= 0.3 is 0 Å². The summed E-state index contributed by atoms with van der Waals surface area (Å²) in [6.07, 6.45) is 2.11. The molecule has 0 saturated carbocycles. The van der Waals surface area contributed by atoms with Crippen molar-refractivity contribution in [3.8, 4) is 5.75 Å². The summed E-state index contributed by atoms with van der Waals surface area (Å²) >= 11 is 0. The molecule has 2 aromatic carbocycles. The summed E-state index contributed by atoms with van der Waals surface area (Å²) < 4.78 is 5.47. The number of hydrogen-bond donors (Lipinski definition) is 0. The summed E-state index contributed by atoms with van der Waals surface area (Å²) in [6, 6.07) is 19.0. The third kappa shape index (κ3) is 3.85. The first kappa shape index (κ1) is 19.4. The topological polar surface area (TPSA) is 25.4 Å². The standard InChI is InChI=1S/C23H24N2O.ClH/c1-25(2)15-19-12-11-18-13-16-7-4-5-10-21(16)24-23(18)22(19)17-8-6-9-20(14-17)26-3;/h4-10,13-14H,11-12,15H2,1-3H3;1H. The zero-order valence-electron chi connectivity index (χ0n) is 16.0. The van der Waals surface area contributed by atoms with Gasteiger partial charge in [0.2, 0.25) is 0 Å². The van der Waals surface area contributed by atoms with Gasteiger partial charge in [-0.3, -0.25) is 0 Å². The molecule has 3 nitrogen and oxygen atoms in total. The van der Waals surface area contributed by atoms with E-state index in [0.29, 0.717) is 0 Å². The molecule has 0 saturated heterocycles. The minimum Gasteiger partial charge on any atom is -0.497 e. The lowest BCUT2D eigenvalue weighted by Gasteiger charge is -2.26. The van der Waals surface area contributed by atoms with Crippen LogP contribution in [0.25, 0.3) is 16.5 Å². The summed E-state index contributed by atoms with van der Waals surface area (Å²) in [6.45, 7) is 0.945. The SMILES string of the molecule is COc1cccc(C2=C(CN(C)C)CCc3cc4ccccc4nc32)c1.Cl. The molecule has 0 unspecified atom stereocenters. The van der Waals surface area contributed by atoms with Crippen LogP contribution in [0.1, 0.15) is 23.2 Å². The van der Waals surface area contributed by atoms with E-state index in [1.807, 2.05) is 6.07 Å². The van der Waals surface area contributed by atoms with Gasteiger partial charge in [0.05, 0.1) is 18.3 Å². The molecule has 1 heterocycles. The summed E-state index contributed by atoms with van der Waals surface area (Å²) in [5.41, 5.74) is 7.41. The smallest absolute Gasteiger partial charge is 0.119 e. The van der Waals surface area contributed by atoms with Crippen LogP contribution >= 0.6 is 12.4 Å². The number of aryl methyl sites for hydroxylation is 1. The highest BCUT2D eigenvalue weighted by Gasteiger charge is 2.23. The van der Waals surface area contributed by atoms with Gasteiger partial charge in [-0.1, -0.05) is 30.3 Å². The number of likely N-dealkylation sites (N-methyl/N-ethyl adjacent to an activating group) is 1. The number of benzene rings is 2. The second-order valence-electron chi connectivity index (χ2n) is 7.14. The number of ether oxygens (including phenoxy) is 1. The third-order valence-electron chi connectivity index (χ3n) is 4.95. The van der Waals surface area contributed by atoms with Gasteiger partial charge in [-0.05, 0) is 67.9 Å². The predicted molar refractivity (Wildman–Crippen MR) is 115 cm³/mol. The molecular formula is C23H25ClN2O. The first-order chi connectivity index (χ1) is 12.7. The predicted octanol–water partition coefficient (Wildman–Crippen LogP) is 4.97. The Kier molecular flexibility index (Phi) is 5.83. The quantitative estimate of drug-likeness (QED) is 0.638. The van der Waals surface area contributed by atoms with Gasteiger partial charge < -0.3 is 9.64 Å². The number of para-hydroxylation sites is 1. The maximum atomic E-state index is 5.47. The maximum Gasteiger partial charge on any atom is 0.119 e. The van der Waals surface area contributed by atoms with Crippen molar-refractivity contribution in [3.05, 3.63) is 77.0 Å². The monoisotopic (exact) mass is 380 g/mol. The Bertz CT molecular complexity index is 995. The van der Waals surface area contributed by atoms with Crippen LogP contribution in [0.2, 0.25) is 0 Å². The molecular weight excluding hydrogens is 356 g/mol. The zero-order valence-corrected chi connectivity index (χ0v) is 16.8. The Morgan fingerprint density at radius 1 is 1.00 bits per heavy atom. The van der Waals surface area contributed by atoms with Gasteiger partial charge in [0.25, 0.3) is 0 Å². The average Bonchev–Trinajstić information content (AvgIpc) is 2.66. The summed E-state index contributed by atoms with van der Waals surface area (Å²) in [4.78, 5) is 7.31. The van der Waals surface area contributed by atoms with Crippen LogP contribution in [-0.2, 0) is 6.42 Å². The van der Waals surface area contributed by atoms with Crippen LogP contribution < -0.4 is 4.74 Å². The van der Waals surface area contributed by atoms with Crippen molar-refractivity contribution >= 4 is 28.9 Å². The lowest BCUT2D eigenvalue weighted by atomic mass is 9.84. The van der Waals surface area contributed by atoms with E-state index in [1.165, 1.54) is 27.7 Å². The first-order valence-electron chi connectivity index (χ1n) is 9.06. The van der Waals surface area contributed by atoms with E-state index in [9.17, 15) is 0 Å². The van der Waals surface area contributed by atoms with Crippen LogP contribution in [0.3, 0.4) is 0 Å². The Labute approximate surface area is 167 Å². The van der Waals surface area contributed by atoms with Crippen molar-refractivity contribution in [2.75, 3.05) is 27.7 Å². The van der Waals surface area contributed by atoms with Crippen LogP contribution in [-0.4, -0.2) is 37.6 Å². The molecule has 0 aliphatic heterocycles. The van der Waals surface area contributed by atoms with Gasteiger partial charge in [0.1, 0.15) is 5.75 Å². The number of nitrogens with zero attached hydrogens (tertiary/aromatic N) is 2. The Morgan fingerprint density at radius 3 is 2.59 bits per heavy atom. The van der Waals surface area contributed by atoms with E-state index in [-0.39, 0.29) is 12.4 Å². The largest absolute Gasteiger partial charge is 0.497 e. The summed E-state index contributed by atoms with van der Waals surface area (Å²) in [5, 5.41) is 1.22. The molecule has 4 rings (SSSR count). The molecule has 1 aliphatic rings. The highest BCUT2D eigenvalue weighted by molar-refractivity contribution is 5.89. The van der Waals surface area contributed by atoms with Crippen LogP contribution in [0, 0.1) is 0 Å². The van der Waals surface area contributed by atoms with Gasteiger partial charge in [-0.15, -0.1) is 12.4 Å². The molecule has 1 aliphatic carbocycles. The number of halogens is 1. The molecule has 140 valence electrons. The van der Waals surface area contributed by atoms with Gasteiger partial charge in [0.15, 0.2) is 0 Å². The molecule has 0 fully saturated rings. The molecule has 0 spiro atoms. The molecule has 0 atom stereocenters. The van der Waals surface area contributed by atoms with Gasteiger partial charge in [-0.2, -0.15) is 0 Å².